The second kappa shape index (κ2) is 7.28. The lowest BCUT2D eigenvalue weighted by Crippen LogP contribution is -2.06. The van der Waals surface area contributed by atoms with Crippen molar-refractivity contribution in [2.24, 2.45) is 0 Å². The minimum absolute atomic E-state index is 0.00444. The van der Waals surface area contributed by atoms with Gasteiger partial charge in [0.2, 0.25) is 0 Å². The van der Waals surface area contributed by atoms with Crippen LogP contribution in [0, 0.1) is 0 Å². The predicted molar refractivity (Wildman–Crippen MR) is 57.1 cm³/mol. The van der Waals surface area contributed by atoms with Crippen LogP contribution in [0.1, 0.15) is 31.1 Å². The number of aromatic carboxylic acids is 1. The van der Waals surface area contributed by atoms with E-state index >= 15 is 0 Å². The van der Waals surface area contributed by atoms with Gasteiger partial charge in [0.05, 0.1) is 0 Å². The molecule has 5 nitrogen and oxygen atoms in total. The molecule has 0 aliphatic heterocycles. The Bertz CT molecular complexity index is 359. The van der Waals surface area contributed by atoms with Crippen LogP contribution in [0.4, 0.5) is 0 Å². The Kier molecular flexibility index (Phi) is 6.35. The van der Waals surface area contributed by atoms with Crippen LogP contribution in [-0.4, -0.2) is 17.0 Å². The molecule has 0 spiro atoms. The van der Waals surface area contributed by atoms with Crippen LogP contribution >= 0.6 is 0 Å². The summed E-state index contributed by atoms with van der Waals surface area (Å²) >= 11 is 0. The first-order valence-electron chi connectivity index (χ1n) is 4.78. The molecule has 0 unspecified atom stereocenters. The van der Waals surface area contributed by atoms with Gasteiger partial charge in [-0.3, -0.25) is 9.78 Å². The summed E-state index contributed by atoms with van der Waals surface area (Å²) in [4.78, 5) is 29.8. The lowest BCUT2D eigenvalue weighted by Gasteiger charge is -2.04. The zero-order valence-corrected chi connectivity index (χ0v) is 9.39. The molecular weight excluding hydrogens is 212 g/mol. The third-order valence-electron chi connectivity index (χ3n) is 1.37. The molecule has 88 valence electrons. The number of carboxylic acid groups (broad SMARTS) is 1. The topological polar surface area (TPSA) is 72.8 Å². The Balaban J connectivity index is 0.00000106. The average molecular weight is 226 g/mol. The number of carbonyl (C=O) groups is 2. The number of rotatable bonds is 3. The fourth-order valence-electron chi connectivity index (χ4n) is 0.820. The largest absolute Gasteiger partial charge is 0.478 e. The molecule has 1 N–H and O–H groups in total. The van der Waals surface area contributed by atoms with Crippen molar-refractivity contribution >= 4 is 11.9 Å². The van der Waals surface area contributed by atoms with Crippen LogP contribution in [0.25, 0.3) is 0 Å². The Morgan fingerprint density at radius 3 is 2.25 bits per heavy atom. The van der Waals surface area contributed by atoms with Crippen LogP contribution < -0.4 is 4.89 Å². The Morgan fingerprint density at radius 1 is 1.19 bits per heavy atom. The maximum atomic E-state index is 10.6. The van der Waals surface area contributed by atoms with E-state index in [9.17, 15) is 9.59 Å². The molecule has 16 heavy (non-hydrogen) atoms. The predicted octanol–water partition coefficient (Wildman–Crippen LogP) is 2.27. The highest BCUT2D eigenvalue weighted by Gasteiger charge is 2.11. The highest BCUT2D eigenvalue weighted by Crippen LogP contribution is 2.17. The SMILES string of the molecule is CC.CC(=O)OOc1ccccc1C(=O)O. The molecule has 0 saturated heterocycles. The summed E-state index contributed by atoms with van der Waals surface area (Å²) in [5.74, 6) is -1.80. The lowest BCUT2D eigenvalue weighted by atomic mass is 10.2. The van der Waals surface area contributed by atoms with Gasteiger partial charge in [0.15, 0.2) is 5.75 Å². The quantitative estimate of drug-likeness (QED) is 0.632. The van der Waals surface area contributed by atoms with E-state index in [1.807, 2.05) is 13.8 Å². The van der Waals surface area contributed by atoms with Gasteiger partial charge >= 0.3 is 11.9 Å². The van der Waals surface area contributed by atoms with E-state index in [1.54, 1.807) is 12.1 Å². The molecule has 0 bridgehead atoms. The van der Waals surface area contributed by atoms with E-state index in [0.717, 1.165) is 6.92 Å². The number of hydrogen-bond donors (Lipinski definition) is 1. The zero-order valence-electron chi connectivity index (χ0n) is 9.39. The first-order chi connectivity index (χ1) is 7.61. The summed E-state index contributed by atoms with van der Waals surface area (Å²) in [5.41, 5.74) is -0.0613. The second-order valence-corrected chi connectivity index (χ2v) is 2.46. The Morgan fingerprint density at radius 2 is 1.75 bits per heavy atom. The van der Waals surface area contributed by atoms with Gasteiger partial charge < -0.3 is 5.11 Å². The highest BCUT2D eigenvalue weighted by atomic mass is 17.2. The Hall–Kier alpha value is -2.04. The third kappa shape index (κ3) is 4.45. The van der Waals surface area contributed by atoms with Gasteiger partial charge in [0, 0.05) is 6.92 Å². The molecule has 1 rings (SSSR count). The second-order valence-electron chi connectivity index (χ2n) is 2.46. The van der Waals surface area contributed by atoms with Crippen LogP contribution in [0.2, 0.25) is 0 Å². The molecular formula is C11H14O5. The van der Waals surface area contributed by atoms with E-state index in [2.05, 4.69) is 9.78 Å². The van der Waals surface area contributed by atoms with E-state index in [0.29, 0.717) is 0 Å². The van der Waals surface area contributed by atoms with Crippen LogP contribution in [0.3, 0.4) is 0 Å². The van der Waals surface area contributed by atoms with Crippen molar-refractivity contribution in [3.63, 3.8) is 0 Å². The summed E-state index contributed by atoms with van der Waals surface area (Å²) in [5, 5.41) is 8.71. The van der Waals surface area contributed by atoms with Gasteiger partial charge in [0.1, 0.15) is 5.56 Å². The molecule has 5 heteroatoms. The zero-order chi connectivity index (χ0) is 12.6. The fourth-order valence-corrected chi connectivity index (χ4v) is 0.820. The van der Waals surface area contributed by atoms with Crippen molar-refractivity contribution in [2.75, 3.05) is 0 Å². The first kappa shape index (κ1) is 14.0. The molecule has 0 radical (unpaired) electrons. The van der Waals surface area contributed by atoms with Gasteiger partial charge in [-0.1, -0.05) is 26.0 Å². The maximum Gasteiger partial charge on any atom is 0.352 e. The van der Waals surface area contributed by atoms with Crippen molar-refractivity contribution in [3.05, 3.63) is 29.8 Å². The number of hydrogen-bond acceptors (Lipinski definition) is 4. The van der Waals surface area contributed by atoms with E-state index in [1.165, 1.54) is 12.1 Å². The molecule has 0 fully saturated rings. The van der Waals surface area contributed by atoms with Crippen molar-refractivity contribution in [3.8, 4) is 5.75 Å². The number of para-hydroxylation sites is 1. The molecule has 0 saturated carbocycles. The van der Waals surface area contributed by atoms with Crippen molar-refractivity contribution in [1.82, 2.24) is 0 Å². The van der Waals surface area contributed by atoms with Crippen LogP contribution in [0.5, 0.6) is 5.75 Å². The fraction of sp³-hybridized carbons (Fsp3) is 0.273. The standard InChI is InChI=1S/C9H8O5.C2H6/c1-6(10)13-14-8-5-3-2-4-7(8)9(11)12;1-2/h2-5H,1H3,(H,11,12);1-2H3. The molecule has 0 aromatic heterocycles. The summed E-state index contributed by atoms with van der Waals surface area (Å²) in [7, 11) is 0. The van der Waals surface area contributed by atoms with E-state index in [4.69, 9.17) is 5.11 Å². The van der Waals surface area contributed by atoms with Crippen LogP contribution in [0.15, 0.2) is 24.3 Å². The van der Waals surface area contributed by atoms with Crippen LogP contribution in [-0.2, 0) is 9.68 Å². The lowest BCUT2D eigenvalue weighted by molar-refractivity contribution is -0.211. The third-order valence-corrected chi connectivity index (χ3v) is 1.37. The van der Waals surface area contributed by atoms with Gasteiger partial charge in [-0.15, -0.1) is 0 Å². The molecule has 0 aliphatic rings. The molecule has 1 aromatic rings. The van der Waals surface area contributed by atoms with Gasteiger partial charge in [-0.2, -0.15) is 0 Å². The molecule has 1 aromatic carbocycles. The average Bonchev–Trinajstić information content (AvgIpc) is 2.29. The summed E-state index contributed by atoms with van der Waals surface area (Å²) < 4.78 is 0. The number of carboxylic acids is 1. The van der Waals surface area contributed by atoms with E-state index in [-0.39, 0.29) is 11.3 Å². The molecule has 0 atom stereocenters. The van der Waals surface area contributed by atoms with Crippen molar-refractivity contribution < 1.29 is 24.5 Å². The summed E-state index contributed by atoms with van der Waals surface area (Å²) in [6.45, 7) is 5.16. The molecule has 0 heterocycles. The van der Waals surface area contributed by atoms with Crippen molar-refractivity contribution in [2.45, 2.75) is 20.8 Å². The highest BCUT2D eigenvalue weighted by molar-refractivity contribution is 5.90. The first-order valence-corrected chi connectivity index (χ1v) is 4.78. The Labute approximate surface area is 93.5 Å². The van der Waals surface area contributed by atoms with Gasteiger partial charge in [-0.25, -0.2) is 9.59 Å². The van der Waals surface area contributed by atoms with Crippen molar-refractivity contribution in [1.29, 1.82) is 0 Å². The normalized spacial score (nSPS) is 8.44. The maximum absolute atomic E-state index is 10.6. The molecule has 0 aliphatic carbocycles. The minimum Gasteiger partial charge on any atom is -0.478 e. The summed E-state index contributed by atoms with van der Waals surface area (Å²) in [6, 6.07) is 5.86. The number of carbonyl (C=O) groups excluding carboxylic acids is 1. The molecule has 0 amide bonds. The minimum atomic E-state index is -1.15. The van der Waals surface area contributed by atoms with E-state index < -0.39 is 11.9 Å². The number of benzene rings is 1. The van der Waals surface area contributed by atoms with Gasteiger partial charge in [-0.05, 0) is 12.1 Å². The monoisotopic (exact) mass is 226 g/mol. The summed E-state index contributed by atoms with van der Waals surface area (Å²) in [6.07, 6.45) is 0. The smallest absolute Gasteiger partial charge is 0.352 e. The van der Waals surface area contributed by atoms with Gasteiger partial charge in [0.25, 0.3) is 0 Å².